The lowest BCUT2D eigenvalue weighted by Crippen LogP contribution is -2.46. The zero-order valence-electron chi connectivity index (χ0n) is 12.3. The number of carbonyl (C=O) groups excluding carboxylic acids is 1. The van der Waals surface area contributed by atoms with Crippen molar-refractivity contribution >= 4 is 17.2 Å². The van der Waals surface area contributed by atoms with Gasteiger partial charge in [0.2, 0.25) is 5.91 Å². The summed E-state index contributed by atoms with van der Waals surface area (Å²) in [5.74, 6) is 0.0630. The molecule has 1 atom stereocenters. The molecule has 1 aliphatic heterocycles. The summed E-state index contributed by atoms with van der Waals surface area (Å²) < 4.78 is 2.00. The van der Waals surface area contributed by atoms with Crippen LogP contribution in [0.4, 0.5) is 0 Å². The minimum atomic E-state index is -0.196. The van der Waals surface area contributed by atoms with Crippen LogP contribution in [0.3, 0.4) is 0 Å². The van der Waals surface area contributed by atoms with Crippen LogP contribution in [0.15, 0.2) is 30.0 Å². The van der Waals surface area contributed by atoms with Crippen LogP contribution < -0.4 is 5.32 Å². The fourth-order valence-electron chi connectivity index (χ4n) is 2.63. The largest absolute Gasteiger partial charge is 0.349 e. The second kappa shape index (κ2) is 5.99. The Hall–Kier alpha value is -1.66. The molecule has 2 aromatic heterocycles. The Balaban J connectivity index is 1.72. The van der Waals surface area contributed by atoms with Gasteiger partial charge in [-0.2, -0.15) is 0 Å². The molecule has 21 heavy (non-hydrogen) atoms. The number of nitrogens with one attached hydrogen (secondary N) is 1. The molecular weight excluding hydrogens is 284 g/mol. The molecule has 1 unspecified atom stereocenters. The number of amides is 1. The number of carbonyl (C=O) groups is 1. The van der Waals surface area contributed by atoms with Crippen LogP contribution in [0.5, 0.6) is 0 Å². The van der Waals surface area contributed by atoms with E-state index in [9.17, 15) is 4.79 Å². The fraction of sp³-hybridized carbons (Fsp3) is 0.467. The van der Waals surface area contributed by atoms with E-state index >= 15 is 0 Å². The Morgan fingerprint density at radius 2 is 2.43 bits per heavy atom. The van der Waals surface area contributed by atoms with Crippen LogP contribution in [0.2, 0.25) is 0 Å². The highest BCUT2D eigenvalue weighted by Crippen LogP contribution is 2.22. The third-order valence-corrected chi connectivity index (χ3v) is 4.78. The number of aromatic nitrogens is 2. The van der Waals surface area contributed by atoms with Gasteiger partial charge >= 0.3 is 0 Å². The Bertz CT molecular complexity index is 605. The number of rotatable bonds is 4. The topological polar surface area (TPSA) is 50.2 Å². The predicted octanol–water partition coefficient (Wildman–Crippen LogP) is 2.03. The standard InChI is InChI=1S/C15H20N4OS/c1-11(2)18-8-12-6-16-10-19(12)14(9-18)15(20)17-7-13-4-3-5-21-13/h3-6,10-11,14H,7-9H2,1-2H3,(H,17,20). The number of nitrogens with zero attached hydrogens (tertiary/aromatic N) is 3. The summed E-state index contributed by atoms with van der Waals surface area (Å²) in [7, 11) is 0. The van der Waals surface area contributed by atoms with E-state index < -0.39 is 0 Å². The van der Waals surface area contributed by atoms with Crippen molar-refractivity contribution in [3.8, 4) is 0 Å². The van der Waals surface area contributed by atoms with Crippen molar-refractivity contribution in [1.29, 1.82) is 0 Å². The summed E-state index contributed by atoms with van der Waals surface area (Å²) in [6.07, 6.45) is 3.62. The van der Waals surface area contributed by atoms with Gasteiger partial charge in [0.25, 0.3) is 0 Å². The van der Waals surface area contributed by atoms with Crippen molar-refractivity contribution in [2.75, 3.05) is 6.54 Å². The van der Waals surface area contributed by atoms with E-state index in [2.05, 4.69) is 29.0 Å². The molecule has 0 aromatic carbocycles. The third-order valence-electron chi connectivity index (χ3n) is 3.90. The highest BCUT2D eigenvalue weighted by molar-refractivity contribution is 7.09. The first kappa shape index (κ1) is 14.3. The lowest BCUT2D eigenvalue weighted by Gasteiger charge is -2.36. The minimum Gasteiger partial charge on any atom is -0.349 e. The molecule has 6 heteroatoms. The van der Waals surface area contributed by atoms with Crippen LogP contribution >= 0.6 is 11.3 Å². The summed E-state index contributed by atoms with van der Waals surface area (Å²) >= 11 is 1.66. The molecule has 1 amide bonds. The monoisotopic (exact) mass is 304 g/mol. The Morgan fingerprint density at radius 1 is 1.57 bits per heavy atom. The number of fused-ring (bicyclic) bond motifs is 1. The SMILES string of the molecule is CC(C)N1Cc2cncn2C(C(=O)NCc2cccs2)C1. The van der Waals surface area contributed by atoms with Crippen molar-refractivity contribution in [2.24, 2.45) is 0 Å². The van der Waals surface area contributed by atoms with E-state index in [1.807, 2.05) is 28.3 Å². The van der Waals surface area contributed by atoms with Gasteiger partial charge in [0.1, 0.15) is 6.04 Å². The number of imidazole rings is 1. The maximum atomic E-state index is 12.5. The normalized spacial score (nSPS) is 18.7. The van der Waals surface area contributed by atoms with Crippen LogP contribution in [0.25, 0.3) is 0 Å². The van der Waals surface area contributed by atoms with Gasteiger partial charge in [-0.3, -0.25) is 9.69 Å². The molecule has 0 radical (unpaired) electrons. The van der Waals surface area contributed by atoms with Gasteiger partial charge in [0.05, 0.1) is 18.6 Å². The number of thiophene rings is 1. The molecule has 0 bridgehead atoms. The lowest BCUT2D eigenvalue weighted by molar-refractivity contribution is -0.126. The van der Waals surface area contributed by atoms with Gasteiger partial charge in [0.15, 0.2) is 0 Å². The molecule has 0 fully saturated rings. The van der Waals surface area contributed by atoms with Gasteiger partial charge in [-0.1, -0.05) is 6.07 Å². The second-order valence-corrected chi connectivity index (χ2v) is 6.66. The first-order chi connectivity index (χ1) is 10.1. The second-order valence-electron chi connectivity index (χ2n) is 5.63. The van der Waals surface area contributed by atoms with E-state index in [0.29, 0.717) is 12.6 Å². The average molecular weight is 304 g/mol. The highest BCUT2D eigenvalue weighted by atomic mass is 32.1. The Labute approximate surface area is 128 Å². The van der Waals surface area contributed by atoms with Crippen LogP contribution in [0.1, 0.15) is 30.5 Å². The number of hydrogen-bond donors (Lipinski definition) is 1. The molecule has 112 valence electrons. The maximum Gasteiger partial charge on any atom is 0.244 e. The zero-order valence-corrected chi connectivity index (χ0v) is 13.1. The minimum absolute atomic E-state index is 0.0630. The van der Waals surface area contributed by atoms with E-state index in [1.165, 1.54) is 4.88 Å². The zero-order chi connectivity index (χ0) is 14.8. The van der Waals surface area contributed by atoms with E-state index in [4.69, 9.17) is 0 Å². The highest BCUT2D eigenvalue weighted by Gasteiger charge is 2.30. The first-order valence-corrected chi connectivity index (χ1v) is 8.08. The van der Waals surface area contributed by atoms with E-state index in [1.54, 1.807) is 17.7 Å². The molecule has 5 nitrogen and oxygen atoms in total. The van der Waals surface area contributed by atoms with E-state index in [0.717, 1.165) is 18.8 Å². The van der Waals surface area contributed by atoms with E-state index in [-0.39, 0.29) is 11.9 Å². The molecule has 0 spiro atoms. The molecule has 3 rings (SSSR count). The maximum absolute atomic E-state index is 12.5. The fourth-order valence-corrected chi connectivity index (χ4v) is 3.27. The number of hydrogen-bond acceptors (Lipinski definition) is 4. The predicted molar refractivity (Wildman–Crippen MR) is 83.0 cm³/mol. The molecule has 1 aliphatic rings. The smallest absolute Gasteiger partial charge is 0.244 e. The summed E-state index contributed by atoms with van der Waals surface area (Å²) in [4.78, 5) is 20.2. The molecule has 1 N–H and O–H groups in total. The molecule has 0 saturated heterocycles. The molecule has 2 aromatic rings. The summed E-state index contributed by atoms with van der Waals surface area (Å²) in [5.41, 5.74) is 1.10. The van der Waals surface area contributed by atoms with Crippen molar-refractivity contribution < 1.29 is 4.79 Å². The lowest BCUT2D eigenvalue weighted by atomic mass is 10.1. The van der Waals surface area contributed by atoms with Crippen molar-refractivity contribution in [3.05, 3.63) is 40.6 Å². The molecule has 0 aliphatic carbocycles. The van der Waals surface area contributed by atoms with Crippen LogP contribution in [-0.2, 0) is 17.9 Å². The van der Waals surface area contributed by atoms with Gasteiger partial charge < -0.3 is 9.88 Å². The summed E-state index contributed by atoms with van der Waals surface area (Å²) in [6, 6.07) is 4.26. The molecule has 3 heterocycles. The van der Waals surface area contributed by atoms with Crippen molar-refractivity contribution in [3.63, 3.8) is 0 Å². The Kier molecular flexibility index (Phi) is 4.07. The van der Waals surface area contributed by atoms with Crippen LogP contribution in [-0.4, -0.2) is 32.9 Å². The quantitative estimate of drug-likeness (QED) is 0.940. The van der Waals surface area contributed by atoms with Gasteiger partial charge in [-0.05, 0) is 25.3 Å². The first-order valence-electron chi connectivity index (χ1n) is 7.20. The molecular formula is C15H20N4OS. The average Bonchev–Trinajstić information content (AvgIpc) is 3.14. The van der Waals surface area contributed by atoms with Gasteiger partial charge in [-0.15, -0.1) is 11.3 Å². The van der Waals surface area contributed by atoms with Gasteiger partial charge in [0, 0.05) is 30.2 Å². The van der Waals surface area contributed by atoms with Crippen molar-refractivity contribution in [1.82, 2.24) is 19.8 Å². The molecule has 0 saturated carbocycles. The summed E-state index contributed by atoms with van der Waals surface area (Å²) in [5, 5.41) is 5.07. The Morgan fingerprint density at radius 3 is 3.14 bits per heavy atom. The third kappa shape index (κ3) is 3.01. The van der Waals surface area contributed by atoms with Crippen molar-refractivity contribution in [2.45, 2.75) is 39.0 Å². The van der Waals surface area contributed by atoms with Gasteiger partial charge in [-0.25, -0.2) is 4.98 Å². The summed E-state index contributed by atoms with van der Waals surface area (Å²) in [6.45, 7) is 6.50. The van der Waals surface area contributed by atoms with Crippen LogP contribution in [0, 0.1) is 0 Å².